The third-order valence-electron chi connectivity index (χ3n) is 4.56. The Morgan fingerprint density at radius 2 is 2.04 bits per heavy atom. The highest BCUT2D eigenvalue weighted by molar-refractivity contribution is 7.99. The number of imidazole rings is 1. The Morgan fingerprint density at radius 3 is 2.63 bits per heavy atom. The lowest BCUT2D eigenvalue weighted by Gasteiger charge is -2.30. The van der Waals surface area contributed by atoms with E-state index >= 15 is 0 Å². The summed E-state index contributed by atoms with van der Waals surface area (Å²) in [7, 11) is 0. The summed E-state index contributed by atoms with van der Waals surface area (Å²) in [5, 5.41) is 0.383. The van der Waals surface area contributed by atoms with E-state index in [1.165, 1.54) is 4.68 Å². The van der Waals surface area contributed by atoms with E-state index in [0.29, 0.717) is 10.9 Å². The Morgan fingerprint density at radius 1 is 1.37 bits per heavy atom. The van der Waals surface area contributed by atoms with Gasteiger partial charge in [0, 0.05) is 11.6 Å². The summed E-state index contributed by atoms with van der Waals surface area (Å²) < 4.78 is 40.0. The predicted molar refractivity (Wildman–Crippen MR) is 98.5 cm³/mol. The number of thioether (sulfide) groups is 1. The summed E-state index contributed by atoms with van der Waals surface area (Å²) in [4.78, 5) is 17.8. The van der Waals surface area contributed by atoms with Gasteiger partial charge in [-0.05, 0) is 25.7 Å². The molecule has 3 rings (SSSR count). The number of nitrogens with zero attached hydrogens (tertiary/aromatic N) is 3. The first-order valence-corrected chi connectivity index (χ1v) is 9.62. The second kappa shape index (κ2) is 7.84. The highest BCUT2D eigenvalue weighted by Gasteiger charge is 2.40. The molecule has 146 valence electrons. The van der Waals surface area contributed by atoms with E-state index < -0.39 is 24.7 Å². The minimum absolute atomic E-state index is 0.143. The number of amides is 1. The van der Waals surface area contributed by atoms with Crippen LogP contribution in [0.5, 0.6) is 0 Å². The van der Waals surface area contributed by atoms with Crippen LogP contribution in [-0.2, 0) is 4.79 Å². The molecule has 5 nitrogen and oxygen atoms in total. The van der Waals surface area contributed by atoms with Gasteiger partial charge in [-0.3, -0.25) is 4.79 Å². The molecule has 0 aliphatic heterocycles. The predicted octanol–water partition coefficient (Wildman–Crippen LogP) is 3.55. The first-order chi connectivity index (χ1) is 12.7. The molecule has 1 heterocycles. The topological polar surface area (TPSA) is 64.2 Å². The number of nitrogens with two attached hydrogens (primary N) is 1. The Kier molecular flexibility index (Phi) is 5.69. The maximum atomic E-state index is 12.9. The molecule has 0 spiro atoms. The average molecular weight is 398 g/mol. The molecule has 2 N–H and O–H groups in total. The number of alkyl halides is 3. The number of aromatic nitrogens is 2. The second-order valence-electron chi connectivity index (χ2n) is 6.69. The molecule has 1 aromatic heterocycles. The van der Waals surface area contributed by atoms with Crippen molar-refractivity contribution in [2.24, 2.45) is 5.92 Å². The van der Waals surface area contributed by atoms with Crippen molar-refractivity contribution in [3.05, 3.63) is 36.5 Å². The molecule has 1 saturated carbocycles. The van der Waals surface area contributed by atoms with Crippen LogP contribution < -0.4 is 5.84 Å². The number of rotatable bonds is 7. The molecular formula is C18H21F3N4OS. The lowest BCUT2D eigenvalue weighted by molar-refractivity contribution is -0.164. The van der Waals surface area contributed by atoms with Gasteiger partial charge in [0.25, 0.3) is 0 Å². The molecule has 9 heteroatoms. The standard InChI is InChI=1S/C18H21F3N4OS/c1-12(13-7-8-13)24(11-18(19,20)21)16(26)10-27-17-23-15(9-25(17)22)14-5-3-2-4-6-14/h2-6,9,12-13H,7-8,10-11,22H2,1H3/t12-/m0/s1. The van der Waals surface area contributed by atoms with Crippen molar-refractivity contribution in [1.82, 2.24) is 14.6 Å². The second-order valence-corrected chi connectivity index (χ2v) is 7.63. The Balaban J connectivity index is 1.67. The number of carbonyl (C=O) groups is 1. The van der Waals surface area contributed by atoms with Crippen LogP contribution in [0, 0.1) is 5.92 Å². The van der Waals surface area contributed by atoms with Crippen molar-refractivity contribution in [1.29, 1.82) is 0 Å². The molecular weight excluding hydrogens is 377 g/mol. The van der Waals surface area contributed by atoms with Crippen LogP contribution in [-0.4, -0.2) is 45.0 Å². The Hall–Kier alpha value is -2.16. The molecule has 1 amide bonds. The van der Waals surface area contributed by atoms with Crippen LogP contribution in [0.3, 0.4) is 0 Å². The minimum atomic E-state index is -4.42. The summed E-state index contributed by atoms with van der Waals surface area (Å²) in [6, 6.07) is 8.96. The number of benzene rings is 1. The summed E-state index contributed by atoms with van der Waals surface area (Å²) in [5.74, 6) is 5.35. The van der Waals surface area contributed by atoms with Gasteiger partial charge in [-0.25, -0.2) is 9.66 Å². The van der Waals surface area contributed by atoms with Crippen LogP contribution in [0.1, 0.15) is 19.8 Å². The van der Waals surface area contributed by atoms with Crippen molar-refractivity contribution >= 4 is 17.7 Å². The third kappa shape index (κ3) is 5.18. The fourth-order valence-electron chi connectivity index (χ4n) is 2.93. The molecule has 1 aliphatic rings. The van der Waals surface area contributed by atoms with E-state index in [-0.39, 0.29) is 11.7 Å². The van der Waals surface area contributed by atoms with Gasteiger partial charge in [0.1, 0.15) is 6.54 Å². The summed E-state index contributed by atoms with van der Waals surface area (Å²) in [6.07, 6.45) is -1.06. The van der Waals surface area contributed by atoms with Crippen LogP contribution >= 0.6 is 11.8 Å². The van der Waals surface area contributed by atoms with Crippen molar-refractivity contribution in [2.45, 2.75) is 37.1 Å². The van der Waals surface area contributed by atoms with Crippen molar-refractivity contribution < 1.29 is 18.0 Å². The minimum Gasteiger partial charge on any atom is -0.337 e. The molecule has 0 bridgehead atoms. The van der Waals surface area contributed by atoms with Gasteiger partial charge < -0.3 is 10.7 Å². The van der Waals surface area contributed by atoms with Crippen LogP contribution in [0.25, 0.3) is 11.3 Å². The number of hydrogen-bond acceptors (Lipinski definition) is 4. The van der Waals surface area contributed by atoms with E-state index in [2.05, 4.69) is 4.98 Å². The summed E-state index contributed by atoms with van der Waals surface area (Å²) >= 11 is 1.04. The fraction of sp³-hybridized carbons (Fsp3) is 0.444. The summed E-state index contributed by atoms with van der Waals surface area (Å²) in [6.45, 7) is 0.458. The van der Waals surface area contributed by atoms with Crippen molar-refractivity contribution in [3.63, 3.8) is 0 Å². The van der Waals surface area contributed by atoms with Gasteiger partial charge in [0.2, 0.25) is 5.91 Å². The SMILES string of the molecule is C[C@@H](C1CC1)N(CC(F)(F)F)C(=O)CSc1nc(-c2ccccc2)cn1N. The lowest BCUT2D eigenvalue weighted by Crippen LogP contribution is -2.46. The number of carbonyl (C=O) groups excluding carboxylic acids is 1. The highest BCUT2D eigenvalue weighted by atomic mass is 32.2. The van der Waals surface area contributed by atoms with Crippen molar-refractivity contribution in [3.8, 4) is 11.3 Å². The highest BCUT2D eigenvalue weighted by Crippen LogP contribution is 2.36. The lowest BCUT2D eigenvalue weighted by atomic mass is 10.2. The van der Waals surface area contributed by atoms with Gasteiger partial charge in [0.15, 0.2) is 5.16 Å². The maximum Gasteiger partial charge on any atom is 0.406 e. The molecule has 2 aromatic rings. The third-order valence-corrected chi connectivity index (χ3v) is 5.51. The van der Waals surface area contributed by atoms with E-state index in [9.17, 15) is 18.0 Å². The molecule has 1 aliphatic carbocycles. The number of halogens is 3. The van der Waals surface area contributed by atoms with Gasteiger partial charge in [0.05, 0.1) is 17.6 Å². The molecule has 0 saturated heterocycles. The van der Waals surface area contributed by atoms with Gasteiger partial charge in [-0.1, -0.05) is 42.1 Å². The van der Waals surface area contributed by atoms with Crippen LogP contribution in [0.2, 0.25) is 0 Å². The number of nitrogen functional groups attached to an aromatic ring is 1. The monoisotopic (exact) mass is 398 g/mol. The zero-order valence-electron chi connectivity index (χ0n) is 14.8. The largest absolute Gasteiger partial charge is 0.406 e. The average Bonchev–Trinajstić information content (AvgIpc) is 3.40. The first-order valence-electron chi connectivity index (χ1n) is 8.63. The molecule has 27 heavy (non-hydrogen) atoms. The molecule has 1 fully saturated rings. The van der Waals surface area contributed by atoms with Gasteiger partial charge >= 0.3 is 6.18 Å². The maximum absolute atomic E-state index is 12.9. The molecule has 1 atom stereocenters. The van der Waals surface area contributed by atoms with Gasteiger partial charge in [-0.15, -0.1) is 0 Å². The van der Waals surface area contributed by atoms with E-state index in [0.717, 1.165) is 35.1 Å². The fourth-order valence-corrected chi connectivity index (χ4v) is 3.71. The van der Waals surface area contributed by atoms with Crippen LogP contribution in [0.4, 0.5) is 13.2 Å². The van der Waals surface area contributed by atoms with Crippen molar-refractivity contribution in [2.75, 3.05) is 18.1 Å². The summed E-state index contributed by atoms with van der Waals surface area (Å²) in [5.41, 5.74) is 1.52. The van der Waals surface area contributed by atoms with E-state index in [1.807, 2.05) is 30.3 Å². The van der Waals surface area contributed by atoms with Gasteiger partial charge in [-0.2, -0.15) is 13.2 Å². The zero-order chi connectivity index (χ0) is 19.6. The first kappa shape index (κ1) is 19.6. The van der Waals surface area contributed by atoms with E-state index in [4.69, 9.17) is 5.84 Å². The quantitative estimate of drug-likeness (QED) is 0.572. The zero-order valence-corrected chi connectivity index (χ0v) is 15.6. The van der Waals surface area contributed by atoms with Crippen LogP contribution in [0.15, 0.2) is 41.7 Å². The molecule has 0 unspecified atom stereocenters. The van der Waals surface area contributed by atoms with E-state index in [1.54, 1.807) is 13.1 Å². The smallest absolute Gasteiger partial charge is 0.337 e. The molecule has 0 radical (unpaired) electrons. The number of hydrogen-bond donors (Lipinski definition) is 1. The Labute approximate surface area is 159 Å². The molecule has 1 aromatic carbocycles. The Bertz CT molecular complexity index is 790. The normalized spacial score (nSPS) is 15.6.